The standard InChI is InChI=1S/C6H13N5O/c1-11-6(3-8-10-11)5(9-7)4-12-2/h3,5,9H,4,7H2,1-2H3. The summed E-state index contributed by atoms with van der Waals surface area (Å²) in [6.07, 6.45) is 1.66. The second kappa shape index (κ2) is 4.15. The molecule has 1 unspecified atom stereocenters. The molecule has 1 heterocycles. The molecule has 0 fully saturated rings. The molecule has 0 aliphatic heterocycles. The number of ether oxygens (including phenoxy) is 1. The predicted octanol–water partition coefficient (Wildman–Crippen LogP) is -1.03. The fraction of sp³-hybridized carbons (Fsp3) is 0.667. The van der Waals surface area contributed by atoms with E-state index in [9.17, 15) is 0 Å². The fourth-order valence-corrected chi connectivity index (χ4v) is 0.999. The number of nitrogens with one attached hydrogen (secondary N) is 1. The maximum absolute atomic E-state index is 5.32. The molecule has 6 nitrogen and oxygen atoms in total. The molecule has 1 aromatic rings. The fourth-order valence-electron chi connectivity index (χ4n) is 0.999. The van der Waals surface area contributed by atoms with Gasteiger partial charge in [0, 0.05) is 14.2 Å². The van der Waals surface area contributed by atoms with Crippen molar-refractivity contribution in [3.8, 4) is 0 Å². The SMILES string of the molecule is COCC(NN)c1cnnn1C. The normalized spacial score (nSPS) is 13.2. The predicted molar refractivity (Wildman–Crippen MR) is 42.9 cm³/mol. The van der Waals surface area contributed by atoms with Crippen LogP contribution in [0.1, 0.15) is 11.7 Å². The lowest BCUT2D eigenvalue weighted by molar-refractivity contribution is 0.164. The maximum atomic E-state index is 5.32. The van der Waals surface area contributed by atoms with Gasteiger partial charge in [-0.15, -0.1) is 5.10 Å². The minimum atomic E-state index is -0.0602. The molecule has 68 valence electrons. The first-order chi connectivity index (χ1) is 5.79. The van der Waals surface area contributed by atoms with Crippen LogP contribution in [0.25, 0.3) is 0 Å². The summed E-state index contributed by atoms with van der Waals surface area (Å²) in [4.78, 5) is 0. The van der Waals surface area contributed by atoms with E-state index in [1.54, 1.807) is 18.0 Å². The summed E-state index contributed by atoms with van der Waals surface area (Å²) in [5.74, 6) is 5.32. The molecule has 0 radical (unpaired) electrons. The highest BCUT2D eigenvalue weighted by Gasteiger charge is 2.12. The van der Waals surface area contributed by atoms with Gasteiger partial charge in [-0.3, -0.25) is 10.5 Å². The first kappa shape index (κ1) is 9.11. The van der Waals surface area contributed by atoms with Crippen molar-refractivity contribution in [3.63, 3.8) is 0 Å². The third-order valence-electron chi connectivity index (χ3n) is 1.64. The molecule has 0 spiro atoms. The first-order valence-corrected chi connectivity index (χ1v) is 3.59. The van der Waals surface area contributed by atoms with Gasteiger partial charge in [-0.05, 0) is 0 Å². The third kappa shape index (κ3) is 1.79. The minimum Gasteiger partial charge on any atom is -0.383 e. The highest BCUT2D eigenvalue weighted by atomic mass is 16.5. The number of hydrogen-bond donors (Lipinski definition) is 2. The van der Waals surface area contributed by atoms with Crippen LogP contribution in [-0.4, -0.2) is 28.7 Å². The number of hydrogen-bond acceptors (Lipinski definition) is 5. The molecule has 0 bridgehead atoms. The lowest BCUT2D eigenvalue weighted by Gasteiger charge is -2.13. The van der Waals surface area contributed by atoms with Gasteiger partial charge in [0.15, 0.2) is 0 Å². The molecule has 0 aromatic carbocycles. The van der Waals surface area contributed by atoms with Crippen LogP contribution >= 0.6 is 0 Å². The number of methoxy groups -OCH3 is 1. The van der Waals surface area contributed by atoms with Crippen LogP contribution in [-0.2, 0) is 11.8 Å². The topological polar surface area (TPSA) is 78.0 Å². The Labute approximate surface area is 70.7 Å². The Morgan fingerprint density at radius 2 is 2.58 bits per heavy atom. The maximum Gasteiger partial charge on any atom is 0.0878 e. The molecule has 3 N–H and O–H groups in total. The highest BCUT2D eigenvalue weighted by molar-refractivity contribution is 5.00. The van der Waals surface area contributed by atoms with Crippen molar-refractivity contribution in [1.29, 1.82) is 0 Å². The van der Waals surface area contributed by atoms with Gasteiger partial charge >= 0.3 is 0 Å². The molecule has 1 rings (SSSR count). The van der Waals surface area contributed by atoms with E-state index < -0.39 is 0 Å². The van der Waals surface area contributed by atoms with Crippen molar-refractivity contribution in [3.05, 3.63) is 11.9 Å². The second-order valence-electron chi connectivity index (χ2n) is 2.46. The largest absolute Gasteiger partial charge is 0.383 e. The van der Waals surface area contributed by atoms with Crippen LogP contribution in [0.2, 0.25) is 0 Å². The van der Waals surface area contributed by atoms with E-state index in [1.807, 2.05) is 7.05 Å². The van der Waals surface area contributed by atoms with Crippen molar-refractivity contribution in [2.24, 2.45) is 12.9 Å². The molecule has 0 amide bonds. The van der Waals surface area contributed by atoms with Gasteiger partial charge in [0.2, 0.25) is 0 Å². The average molecular weight is 171 g/mol. The smallest absolute Gasteiger partial charge is 0.0878 e. The van der Waals surface area contributed by atoms with Gasteiger partial charge in [-0.25, -0.2) is 5.43 Å². The molecular weight excluding hydrogens is 158 g/mol. The van der Waals surface area contributed by atoms with Crippen molar-refractivity contribution in [2.75, 3.05) is 13.7 Å². The Morgan fingerprint density at radius 1 is 1.83 bits per heavy atom. The lowest BCUT2D eigenvalue weighted by Crippen LogP contribution is -2.32. The summed E-state index contributed by atoms with van der Waals surface area (Å²) in [5, 5.41) is 7.52. The first-order valence-electron chi connectivity index (χ1n) is 3.59. The minimum absolute atomic E-state index is 0.0602. The van der Waals surface area contributed by atoms with E-state index >= 15 is 0 Å². The van der Waals surface area contributed by atoms with Crippen LogP contribution in [0.5, 0.6) is 0 Å². The van der Waals surface area contributed by atoms with E-state index in [0.29, 0.717) is 6.61 Å². The number of nitrogens with zero attached hydrogens (tertiary/aromatic N) is 3. The summed E-state index contributed by atoms with van der Waals surface area (Å²) in [7, 11) is 3.43. The van der Waals surface area contributed by atoms with Gasteiger partial charge in [-0.1, -0.05) is 5.21 Å². The molecular formula is C6H13N5O. The quantitative estimate of drug-likeness (QED) is 0.447. The van der Waals surface area contributed by atoms with E-state index in [-0.39, 0.29) is 6.04 Å². The van der Waals surface area contributed by atoms with Gasteiger partial charge in [0.05, 0.1) is 24.5 Å². The Bertz CT molecular complexity index is 236. The van der Waals surface area contributed by atoms with Gasteiger partial charge < -0.3 is 4.74 Å². The zero-order valence-corrected chi connectivity index (χ0v) is 7.19. The van der Waals surface area contributed by atoms with Crippen molar-refractivity contribution >= 4 is 0 Å². The Morgan fingerprint density at radius 3 is 3.00 bits per heavy atom. The van der Waals surface area contributed by atoms with E-state index in [1.165, 1.54) is 0 Å². The number of aromatic nitrogens is 3. The summed E-state index contributed by atoms with van der Waals surface area (Å²) in [5.41, 5.74) is 3.52. The van der Waals surface area contributed by atoms with Crippen molar-refractivity contribution in [2.45, 2.75) is 6.04 Å². The number of rotatable bonds is 4. The summed E-state index contributed by atoms with van der Waals surface area (Å²) < 4.78 is 6.62. The van der Waals surface area contributed by atoms with E-state index in [0.717, 1.165) is 5.69 Å². The number of hydrazine groups is 1. The van der Waals surface area contributed by atoms with Crippen LogP contribution in [0.4, 0.5) is 0 Å². The van der Waals surface area contributed by atoms with Crippen LogP contribution < -0.4 is 11.3 Å². The zero-order chi connectivity index (χ0) is 8.97. The van der Waals surface area contributed by atoms with Crippen molar-refractivity contribution < 1.29 is 4.74 Å². The van der Waals surface area contributed by atoms with Crippen LogP contribution in [0, 0.1) is 0 Å². The highest BCUT2D eigenvalue weighted by Crippen LogP contribution is 2.08. The molecule has 0 aliphatic rings. The van der Waals surface area contributed by atoms with Crippen molar-refractivity contribution in [1.82, 2.24) is 20.4 Å². The van der Waals surface area contributed by atoms with Crippen LogP contribution in [0.15, 0.2) is 6.20 Å². The van der Waals surface area contributed by atoms with Gasteiger partial charge in [0.1, 0.15) is 0 Å². The summed E-state index contributed by atoms with van der Waals surface area (Å²) in [6, 6.07) is -0.0602. The molecule has 1 atom stereocenters. The molecule has 0 saturated carbocycles. The summed E-state index contributed by atoms with van der Waals surface area (Å²) >= 11 is 0. The van der Waals surface area contributed by atoms with E-state index in [4.69, 9.17) is 10.6 Å². The Hall–Kier alpha value is -0.980. The number of aryl methyl sites for hydroxylation is 1. The van der Waals surface area contributed by atoms with Gasteiger partial charge in [-0.2, -0.15) is 0 Å². The zero-order valence-electron chi connectivity index (χ0n) is 7.19. The molecule has 0 aliphatic carbocycles. The average Bonchev–Trinajstić information content (AvgIpc) is 2.47. The summed E-state index contributed by atoms with van der Waals surface area (Å²) in [6.45, 7) is 0.498. The van der Waals surface area contributed by atoms with E-state index in [2.05, 4.69) is 15.7 Å². The van der Waals surface area contributed by atoms with Crippen LogP contribution in [0.3, 0.4) is 0 Å². The monoisotopic (exact) mass is 171 g/mol. The van der Waals surface area contributed by atoms with Gasteiger partial charge in [0.25, 0.3) is 0 Å². The molecule has 1 aromatic heterocycles. The molecule has 0 saturated heterocycles. The third-order valence-corrected chi connectivity index (χ3v) is 1.64. The molecule has 6 heteroatoms. The second-order valence-corrected chi connectivity index (χ2v) is 2.46. The Balaban J connectivity index is 2.72. The molecule has 12 heavy (non-hydrogen) atoms. The lowest BCUT2D eigenvalue weighted by atomic mass is 10.2. The number of nitrogens with two attached hydrogens (primary N) is 1. The Kier molecular flexibility index (Phi) is 3.15.